The molecule has 0 aliphatic rings. The number of halogens is 1. The van der Waals surface area contributed by atoms with Crippen LogP contribution in [-0.4, -0.2) is 6.72 Å². The largest absolute Gasteiger partial charge is 0.253 e. The molecular weight excluding hydrogens is 131 g/mol. The Labute approximate surface area is 59.0 Å². The van der Waals surface area contributed by atoms with Gasteiger partial charge in [-0.1, -0.05) is 0 Å². The zero-order valence-corrected chi connectivity index (χ0v) is 5.63. The van der Waals surface area contributed by atoms with E-state index >= 15 is 0 Å². The van der Waals surface area contributed by atoms with Gasteiger partial charge in [0.2, 0.25) is 0 Å². The third-order valence-corrected chi connectivity index (χ3v) is 0.756. The van der Waals surface area contributed by atoms with Gasteiger partial charge in [-0.15, -0.1) is 0 Å². The van der Waals surface area contributed by atoms with Gasteiger partial charge in [-0.05, 0) is 25.8 Å². The minimum Gasteiger partial charge on any atom is -0.253 e. The predicted octanol–water partition coefficient (Wildman–Crippen LogP) is 1.97. The molecule has 0 saturated carbocycles. The first-order valence-electron chi connectivity index (χ1n) is 2.61. The van der Waals surface area contributed by atoms with E-state index in [0.29, 0.717) is 0 Å². The minimum absolute atomic E-state index is 0.108. The second-order valence-electron chi connectivity index (χ2n) is 1.58. The van der Waals surface area contributed by atoms with Crippen molar-refractivity contribution in [2.75, 3.05) is 0 Å². The molecule has 0 saturated heterocycles. The highest BCUT2D eigenvalue weighted by molar-refractivity contribution is 5.36. The number of aliphatic imine (C=N–C) groups is 1. The molecule has 0 aliphatic carbocycles. The molecule has 0 N–H and O–H groups in total. The maximum Gasteiger partial charge on any atom is 0.139 e. The van der Waals surface area contributed by atoms with Crippen LogP contribution in [0.15, 0.2) is 28.7 Å². The third kappa shape index (κ3) is 3.56. The van der Waals surface area contributed by atoms with Gasteiger partial charge in [-0.2, -0.15) is 5.26 Å². The molecule has 0 heterocycles. The summed E-state index contributed by atoms with van der Waals surface area (Å²) >= 11 is 0. The van der Waals surface area contributed by atoms with Gasteiger partial charge in [-0.3, -0.25) is 4.99 Å². The van der Waals surface area contributed by atoms with E-state index in [-0.39, 0.29) is 11.5 Å². The molecule has 10 heavy (non-hydrogen) atoms. The second-order valence-corrected chi connectivity index (χ2v) is 1.58. The van der Waals surface area contributed by atoms with Gasteiger partial charge in [0.05, 0.1) is 5.83 Å². The fourth-order valence-electron chi connectivity index (χ4n) is 0.319. The highest BCUT2D eigenvalue weighted by Gasteiger charge is 1.84. The molecule has 0 bridgehead atoms. The quantitative estimate of drug-likeness (QED) is 0.326. The van der Waals surface area contributed by atoms with Crippen LogP contribution in [0.5, 0.6) is 0 Å². The standard InChI is InChI=1S/C7H7FN2/c1-6(8)3-4-7(5-9)10-2/h3-4H,2H2,1H3/b6-3+,7-4-. The first-order chi connectivity index (χ1) is 4.70. The van der Waals surface area contributed by atoms with Crippen molar-refractivity contribution in [1.29, 1.82) is 5.26 Å². The number of nitriles is 1. The van der Waals surface area contributed by atoms with Gasteiger partial charge >= 0.3 is 0 Å². The summed E-state index contributed by atoms with van der Waals surface area (Å²) in [5.41, 5.74) is 0.108. The molecule has 2 nitrogen and oxygen atoms in total. The molecule has 52 valence electrons. The average Bonchev–Trinajstić information content (AvgIpc) is 1.90. The van der Waals surface area contributed by atoms with E-state index in [4.69, 9.17) is 5.26 Å². The molecule has 3 heteroatoms. The Hall–Kier alpha value is -1.43. The van der Waals surface area contributed by atoms with E-state index in [1.807, 2.05) is 0 Å². The summed E-state index contributed by atoms with van der Waals surface area (Å²) in [5.74, 6) is -0.364. The Morgan fingerprint density at radius 1 is 1.70 bits per heavy atom. The molecule has 0 spiro atoms. The van der Waals surface area contributed by atoms with Crippen molar-refractivity contribution in [3.63, 3.8) is 0 Å². The fourth-order valence-corrected chi connectivity index (χ4v) is 0.319. The van der Waals surface area contributed by atoms with Crippen LogP contribution >= 0.6 is 0 Å². The van der Waals surface area contributed by atoms with E-state index in [9.17, 15) is 4.39 Å². The van der Waals surface area contributed by atoms with E-state index in [2.05, 4.69) is 11.7 Å². The smallest absolute Gasteiger partial charge is 0.139 e. The van der Waals surface area contributed by atoms with Gasteiger partial charge in [0.1, 0.15) is 11.8 Å². The SMILES string of the molecule is C=N/C(C#N)=C\C=C(/C)F. The molecule has 0 atom stereocenters. The van der Waals surface area contributed by atoms with Crippen LogP contribution in [0.3, 0.4) is 0 Å². The van der Waals surface area contributed by atoms with E-state index in [0.717, 1.165) is 6.08 Å². The Bertz CT molecular complexity index is 216. The fraction of sp³-hybridized carbons (Fsp3) is 0.143. The first kappa shape index (κ1) is 8.57. The van der Waals surface area contributed by atoms with Crippen molar-refractivity contribution in [3.05, 3.63) is 23.7 Å². The Balaban J connectivity index is 4.31. The van der Waals surface area contributed by atoms with E-state index in [1.165, 1.54) is 13.0 Å². The molecule has 0 aromatic rings. The van der Waals surface area contributed by atoms with Crippen molar-refractivity contribution in [2.24, 2.45) is 4.99 Å². The molecule has 0 radical (unpaired) electrons. The lowest BCUT2D eigenvalue weighted by molar-refractivity contribution is 0.640. The van der Waals surface area contributed by atoms with Gasteiger partial charge in [0.15, 0.2) is 0 Å². The number of allylic oxidation sites excluding steroid dienone is 4. The lowest BCUT2D eigenvalue weighted by atomic mass is 10.4. The molecule has 0 fully saturated rings. The Kier molecular flexibility index (Phi) is 3.81. The highest BCUT2D eigenvalue weighted by Crippen LogP contribution is 1.97. The molecule has 0 amide bonds. The van der Waals surface area contributed by atoms with E-state index < -0.39 is 0 Å². The first-order valence-corrected chi connectivity index (χ1v) is 2.61. The number of hydrogen-bond donors (Lipinski definition) is 0. The van der Waals surface area contributed by atoms with Crippen LogP contribution in [0, 0.1) is 11.3 Å². The molecule has 0 rings (SSSR count). The molecular formula is C7H7FN2. The summed E-state index contributed by atoms with van der Waals surface area (Å²) in [6.45, 7) is 4.40. The highest BCUT2D eigenvalue weighted by atomic mass is 19.1. The summed E-state index contributed by atoms with van der Waals surface area (Å²) in [6.07, 6.45) is 2.43. The topological polar surface area (TPSA) is 36.1 Å². The molecule has 0 aliphatic heterocycles. The van der Waals surface area contributed by atoms with Gasteiger partial charge in [0.25, 0.3) is 0 Å². The molecule has 0 aromatic heterocycles. The van der Waals surface area contributed by atoms with Crippen LogP contribution in [0.1, 0.15) is 6.92 Å². The van der Waals surface area contributed by atoms with Crippen molar-refractivity contribution in [2.45, 2.75) is 6.92 Å². The second kappa shape index (κ2) is 4.45. The summed E-state index contributed by atoms with van der Waals surface area (Å²) < 4.78 is 12.0. The van der Waals surface area contributed by atoms with Crippen LogP contribution in [0.25, 0.3) is 0 Å². The number of nitrogens with zero attached hydrogens (tertiary/aromatic N) is 2. The monoisotopic (exact) mass is 138 g/mol. The summed E-state index contributed by atoms with van der Waals surface area (Å²) in [4.78, 5) is 3.32. The summed E-state index contributed by atoms with van der Waals surface area (Å²) in [6, 6.07) is 1.73. The van der Waals surface area contributed by atoms with Gasteiger partial charge in [-0.25, -0.2) is 4.39 Å². The zero-order chi connectivity index (χ0) is 7.98. The van der Waals surface area contributed by atoms with E-state index in [1.54, 1.807) is 6.07 Å². The summed E-state index contributed by atoms with van der Waals surface area (Å²) in [5, 5.41) is 8.24. The maximum absolute atomic E-state index is 12.0. The third-order valence-electron chi connectivity index (χ3n) is 0.756. The molecule has 0 aromatic carbocycles. The normalized spacial score (nSPS) is 12.5. The van der Waals surface area contributed by atoms with Gasteiger partial charge in [0, 0.05) is 0 Å². The zero-order valence-electron chi connectivity index (χ0n) is 5.63. The lowest BCUT2D eigenvalue weighted by Gasteiger charge is -1.81. The Morgan fingerprint density at radius 3 is 2.60 bits per heavy atom. The predicted molar refractivity (Wildman–Crippen MR) is 38.1 cm³/mol. The minimum atomic E-state index is -0.364. The molecule has 0 unspecified atom stereocenters. The van der Waals surface area contributed by atoms with Crippen molar-refractivity contribution in [3.8, 4) is 6.07 Å². The van der Waals surface area contributed by atoms with Crippen LogP contribution in [0.2, 0.25) is 0 Å². The van der Waals surface area contributed by atoms with Crippen LogP contribution in [0.4, 0.5) is 4.39 Å². The number of rotatable bonds is 2. The van der Waals surface area contributed by atoms with Gasteiger partial charge < -0.3 is 0 Å². The van der Waals surface area contributed by atoms with Crippen LogP contribution < -0.4 is 0 Å². The van der Waals surface area contributed by atoms with Crippen molar-refractivity contribution >= 4 is 6.72 Å². The van der Waals surface area contributed by atoms with Crippen molar-refractivity contribution < 1.29 is 4.39 Å². The lowest BCUT2D eigenvalue weighted by Crippen LogP contribution is -1.68. The average molecular weight is 138 g/mol. The summed E-state index contributed by atoms with van der Waals surface area (Å²) in [7, 11) is 0. The van der Waals surface area contributed by atoms with Crippen molar-refractivity contribution in [1.82, 2.24) is 0 Å². The number of hydrogen-bond acceptors (Lipinski definition) is 2. The maximum atomic E-state index is 12.0. The van der Waals surface area contributed by atoms with Crippen LogP contribution in [-0.2, 0) is 0 Å². The Morgan fingerprint density at radius 2 is 2.30 bits per heavy atom.